The van der Waals surface area contributed by atoms with E-state index in [4.69, 9.17) is 0 Å². The summed E-state index contributed by atoms with van der Waals surface area (Å²) < 4.78 is 0. The van der Waals surface area contributed by atoms with Crippen LogP contribution in [0, 0.1) is 0 Å². The van der Waals surface area contributed by atoms with E-state index in [1.165, 1.54) is 0 Å². The molecule has 0 saturated heterocycles. The molecule has 0 bridgehead atoms. The maximum absolute atomic E-state index is 10.7. The smallest absolute Gasteiger partial charge is 0.0945 e. The van der Waals surface area contributed by atoms with Gasteiger partial charge in [0.1, 0.15) is 0 Å². The van der Waals surface area contributed by atoms with Crippen molar-refractivity contribution in [3.63, 3.8) is 0 Å². The Morgan fingerprint density at radius 1 is 1.00 bits per heavy atom. The Morgan fingerprint density at radius 3 is 2.15 bits per heavy atom. The molecule has 0 aliphatic carbocycles. The minimum absolute atomic E-state index is 0.192. The first-order valence-corrected chi connectivity index (χ1v) is 7.71. The molecule has 3 heteroatoms. The first-order valence-electron chi connectivity index (χ1n) is 7.71. The Morgan fingerprint density at radius 2 is 1.65 bits per heavy atom. The highest BCUT2D eigenvalue weighted by molar-refractivity contribution is 5.18. The van der Waals surface area contributed by atoms with Crippen molar-refractivity contribution in [3.8, 4) is 0 Å². The second-order valence-corrected chi connectivity index (χ2v) is 5.67. The molecule has 2 unspecified atom stereocenters. The van der Waals surface area contributed by atoms with Gasteiger partial charge in [-0.3, -0.25) is 4.90 Å². The van der Waals surface area contributed by atoms with Crippen LogP contribution in [0.15, 0.2) is 30.3 Å². The molecule has 0 aliphatic heterocycles. The Kier molecular flexibility index (Phi) is 7.82. The number of nitrogens with zero attached hydrogens (tertiary/aromatic N) is 2. The summed E-state index contributed by atoms with van der Waals surface area (Å²) in [6.45, 7) is 7.43. The number of rotatable bonds is 9. The molecule has 0 amide bonds. The number of hydrogen-bond acceptors (Lipinski definition) is 3. The molecule has 3 nitrogen and oxygen atoms in total. The first-order chi connectivity index (χ1) is 9.60. The van der Waals surface area contributed by atoms with Crippen LogP contribution < -0.4 is 0 Å². The minimum Gasteiger partial charge on any atom is -0.387 e. The maximum atomic E-state index is 10.7. The lowest BCUT2D eigenvalue weighted by atomic mass is 9.98. The molecular weight excluding hydrogens is 248 g/mol. The van der Waals surface area contributed by atoms with Gasteiger partial charge in [-0.05, 0) is 39.0 Å². The van der Waals surface area contributed by atoms with E-state index in [2.05, 4.69) is 37.7 Å². The van der Waals surface area contributed by atoms with Crippen molar-refractivity contribution >= 4 is 0 Å². The summed E-state index contributed by atoms with van der Waals surface area (Å²) in [5.41, 5.74) is 1.02. The Hall–Kier alpha value is -0.900. The molecule has 0 aliphatic rings. The van der Waals surface area contributed by atoms with Gasteiger partial charge in [0.2, 0.25) is 0 Å². The van der Waals surface area contributed by atoms with Crippen molar-refractivity contribution in [1.29, 1.82) is 0 Å². The molecule has 1 aromatic rings. The van der Waals surface area contributed by atoms with Gasteiger partial charge in [-0.1, -0.05) is 44.2 Å². The predicted molar refractivity (Wildman–Crippen MR) is 85.9 cm³/mol. The largest absolute Gasteiger partial charge is 0.387 e. The van der Waals surface area contributed by atoms with Gasteiger partial charge < -0.3 is 10.0 Å². The van der Waals surface area contributed by atoms with Crippen LogP contribution in [0.4, 0.5) is 0 Å². The standard InChI is InChI=1S/C17H30N2O/c1-5-12-19(14-13-18(3)4)16(6-2)17(20)15-10-8-7-9-11-15/h7-11,16-17,20H,5-6,12-14H2,1-4H3. The molecule has 1 rings (SSSR count). The molecule has 0 saturated carbocycles. The number of aliphatic hydroxyl groups excluding tert-OH is 1. The Balaban J connectivity index is 2.78. The summed E-state index contributed by atoms with van der Waals surface area (Å²) in [7, 11) is 4.19. The first kappa shape index (κ1) is 17.2. The molecule has 1 aromatic carbocycles. The molecule has 0 spiro atoms. The van der Waals surface area contributed by atoms with E-state index in [0.717, 1.165) is 38.0 Å². The second-order valence-electron chi connectivity index (χ2n) is 5.67. The molecule has 2 atom stereocenters. The molecule has 0 radical (unpaired) electrons. The summed E-state index contributed by atoms with van der Waals surface area (Å²) >= 11 is 0. The summed E-state index contributed by atoms with van der Waals surface area (Å²) in [5.74, 6) is 0. The lowest BCUT2D eigenvalue weighted by Gasteiger charge is -2.35. The molecule has 114 valence electrons. The quantitative estimate of drug-likeness (QED) is 0.752. The van der Waals surface area contributed by atoms with E-state index in [0.29, 0.717) is 0 Å². The van der Waals surface area contributed by atoms with E-state index in [9.17, 15) is 5.11 Å². The van der Waals surface area contributed by atoms with E-state index >= 15 is 0 Å². The van der Waals surface area contributed by atoms with Crippen molar-refractivity contribution in [2.24, 2.45) is 0 Å². The predicted octanol–water partition coefficient (Wildman–Crippen LogP) is 2.77. The highest BCUT2D eigenvalue weighted by Gasteiger charge is 2.25. The third kappa shape index (κ3) is 5.23. The monoisotopic (exact) mass is 278 g/mol. The lowest BCUT2D eigenvalue weighted by Crippen LogP contribution is -2.43. The highest BCUT2D eigenvalue weighted by Crippen LogP contribution is 2.23. The van der Waals surface area contributed by atoms with Crippen LogP contribution in [0.1, 0.15) is 38.4 Å². The second kappa shape index (κ2) is 9.11. The average molecular weight is 278 g/mol. The summed E-state index contributed by atoms with van der Waals surface area (Å²) in [5, 5.41) is 10.7. The maximum Gasteiger partial charge on any atom is 0.0945 e. The molecule has 0 aromatic heterocycles. The van der Waals surface area contributed by atoms with Crippen LogP contribution in [0.3, 0.4) is 0 Å². The fourth-order valence-electron chi connectivity index (χ4n) is 2.61. The summed E-state index contributed by atoms with van der Waals surface area (Å²) in [6.07, 6.45) is 1.67. The average Bonchev–Trinajstić information content (AvgIpc) is 2.46. The highest BCUT2D eigenvalue weighted by atomic mass is 16.3. The molecule has 0 fully saturated rings. The van der Waals surface area contributed by atoms with E-state index in [1.54, 1.807) is 0 Å². The van der Waals surface area contributed by atoms with Crippen LogP contribution in [0.5, 0.6) is 0 Å². The number of hydrogen-bond donors (Lipinski definition) is 1. The van der Waals surface area contributed by atoms with Crippen LogP contribution in [0.2, 0.25) is 0 Å². The fourth-order valence-corrected chi connectivity index (χ4v) is 2.61. The van der Waals surface area contributed by atoms with Crippen LogP contribution in [0.25, 0.3) is 0 Å². The van der Waals surface area contributed by atoms with Gasteiger partial charge in [-0.2, -0.15) is 0 Å². The van der Waals surface area contributed by atoms with Gasteiger partial charge >= 0.3 is 0 Å². The molecule has 20 heavy (non-hydrogen) atoms. The van der Waals surface area contributed by atoms with Crippen molar-refractivity contribution in [2.45, 2.75) is 38.8 Å². The van der Waals surface area contributed by atoms with E-state index < -0.39 is 6.10 Å². The van der Waals surface area contributed by atoms with Gasteiger partial charge in [0.25, 0.3) is 0 Å². The number of likely N-dealkylation sites (N-methyl/N-ethyl adjacent to an activating group) is 1. The van der Waals surface area contributed by atoms with Crippen LogP contribution >= 0.6 is 0 Å². The van der Waals surface area contributed by atoms with Gasteiger partial charge in [-0.15, -0.1) is 0 Å². The van der Waals surface area contributed by atoms with Crippen molar-refractivity contribution in [1.82, 2.24) is 9.80 Å². The Labute approximate surface area is 124 Å². The SMILES string of the molecule is CCCN(CCN(C)C)C(CC)C(O)c1ccccc1. The third-order valence-corrected chi connectivity index (χ3v) is 3.74. The summed E-state index contributed by atoms with van der Waals surface area (Å²) in [6, 6.07) is 10.2. The van der Waals surface area contributed by atoms with E-state index in [1.807, 2.05) is 30.3 Å². The van der Waals surface area contributed by atoms with Gasteiger partial charge in [0, 0.05) is 19.1 Å². The van der Waals surface area contributed by atoms with Gasteiger partial charge in [0.05, 0.1) is 6.10 Å². The fraction of sp³-hybridized carbons (Fsp3) is 0.647. The zero-order chi connectivity index (χ0) is 15.0. The van der Waals surface area contributed by atoms with Gasteiger partial charge in [-0.25, -0.2) is 0 Å². The third-order valence-electron chi connectivity index (χ3n) is 3.74. The lowest BCUT2D eigenvalue weighted by molar-refractivity contribution is 0.0421. The van der Waals surface area contributed by atoms with Crippen LogP contribution in [-0.4, -0.2) is 54.7 Å². The van der Waals surface area contributed by atoms with Gasteiger partial charge in [0.15, 0.2) is 0 Å². The number of aliphatic hydroxyl groups is 1. The summed E-state index contributed by atoms with van der Waals surface area (Å²) in [4.78, 5) is 4.63. The van der Waals surface area contributed by atoms with Crippen molar-refractivity contribution in [2.75, 3.05) is 33.7 Å². The molecule has 0 heterocycles. The minimum atomic E-state index is -0.407. The molecular formula is C17H30N2O. The number of benzene rings is 1. The van der Waals surface area contributed by atoms with E-state index in [-0.39, 0.29) is 6.04 Å². The molecule has 1 N–H and O–H groups in total. The van der Waals surface area contributed by atoms with Crippen molar-refractivity contribution < 1.29 is 5.11 Å². The Bertz CT molecular complexity index is 353. The zero-order valence-corrected chi connectivity index (χ0v) is 13.4. The topological polar surface area (TPSA) is 26.7 Å². The normalized spacial score (nSPS) is 14.8. The zero-order valence-electron chi connectivity index (χ0n) is 13.4. The van der Waals surface area contributed by atoms with Crippen LogP contribution in [-0.2, 0) is 0 Å². The van der Waals surface area contributed by atoms with Crippen molar-refractivity contribution in [3.05, 3.63) is 35.9 Å².